The van der Waals surface area contributed by atoms with Crippen LogP contribution < -0.4 is 20.3 Å². The Bertz CT molecular complexity index is 1130. The zero-order chi connectivity index (χ0) is 22.5. The lowest BCUT2D eigenvalue weighted by Gasteiger charge is -2.17. The Balaban J connectivity index is 1.45. The highest BCUT2D eigenvalue weighted by atomic mass is 16.5. The first-order valence-electron chi connectivity index (χ1n) is 10.3. The molecule has 0 radical (unpaired) electrons. The molecule has 1 heterocycles. The molecular formula is C25H23N3O4. The molecule has 0 bridgehead atoms. The van der Waals surface area contributed by atoms with E-state index >= 15 is 0 Å². The molecule has 0 aliphatic carbocycles. The molecule has 1 aliphatic rings. The normalized spacial score (nSPS) is 15.3. The van der Waals surface area contributed by atoms with E-state index in [0.29, 0.717) is 28.4 Å². The van der Waals surface area contributed by atoms with Crippen LogP contribution in [-0.2, 0) is 9.59 Å². The van der Waals surface area contributed by atoms with E-state index in [1.165, 1.54) is 0 Å². The predicted octanol–water partition coefficient (Wildman–Crippen LogP) is 3.94. The molecule has 7 heteroatoms. The van der Waals surface area contributed by atoms with Crippen LogP contribution in [0.1, 0.15) is 16.8 Å². The summed E-state index contributed by atoms with van der Waals surface area (Å²) in [4.78, 5) is 39.8. The van der Waals surface area contributed by atoms with Crippen molar-refractivity contribution >= 4 is 34.8 Å². The molecule has 7 nitrogen and oxygen atoms in total. The molecule has 1 atom stereocenters. The predicted molar refractivity (Wildman–Crippen MR) is 123 cm³/mol. The summed E-state index contributed by atoms with van der Waals surface area (Å²) in [7, 11) is 1.58. The van der Waals surface area contributed by atoms with Crippen LogP contribution in [0.4, 0.5) is 17.1 Å². The zero-order valence-electron chi connectivity index (χ0n) is 17.6. The summed E-state index contributed by atoms with van der Waals surface area (Å²) >= 11 is 0. The van der Waals surface area contributed by atoms with Gasteiger partial charge in [-0.05, 0) is 48.5 Å². The van der Waals surface area contributed by atoms with Crippen LogP contribution in [-0.4, -0.2) is 31.4 Å². The maximum absolute atomic E-state index is 12.9. The van der Waals surface area contributed by atoms with E-state index in [2.05, 4.69) is 10.6 Å². The topological polar surface area (TPSA) is 87.7 Å². The van der Waals surface area contributed by atoms with Crippen LogP contribution in [0, 0.1) is 5.92 Å². The highest BCUT2D eigenvalue weighted by molar-refractivity contribution is 6.11. The van der Waals surface area contributed by atoms with E-state index in [1.807, 2.05) is 18.2 Å². The number of ether oxygens (including phenoxy) is 1. The molecule has 162 valence electrons. The Hall–Kier alpha value is -4.13. The standard InChI is InChI=1S/C25H23N3O4/c1-32-20-13-11-19(12-14-20)28-16-17(15-23(28)29)24(30)27-22-10-6-5-9-21(22)25(31)26-18-7-3-2-4-8-18/h2-14,17H,15-16H2,1H3,(H,26,31)(H,27,30)/t17-/m0/s1. The van der Waals surface area contributed by atoms with Gasteiger partial charge in [0.15, 0.2) is 0 Å². The summed E-state index contributed by atoms with van der Waals surface area (Å²) in [6.07, 6.45) is 0.107. The molecule has 32 heavy (non-hydrogen) atoms. The van der Waals surface area contributed by atoms with Crippen LogP contribution in [0.25, 0.3) is 0 Å². The van der Waals surface area contributed by atoms with Gasteiger partial charge in [0.25, 0.3) is 5.91 Å². The molecule has 0 unspecified atom stereocenters. The van der Waals surface area contributed by atoms with Crippen molar-refractivity contribution < 1.29 is 19.1 Å². The number of nitrogens with zero attached hydrogens (tertiary/aromatic N) is 1. The Morgan fingerprint density at radius 2 is 1.59 bits per heavy atom. The number of hydrogen-bond acceptors (Lipinski definition) is 4. The molecule has 2 N–H and O–H groups in total. The third-order valence-electron chi connectivity index (χ3n) is 5.34. The number of anilines is 3. The number of carbonyl (C=O) groups excluding carboxylic acids is 3. The molecule has 3 aromatic rings. The third kappa shape index (κ3) is 4.62. The number of nitrogens with one attached hydrogen (secondary N) is 2. The fourth-order valence-electron chi connectivity index (χ4n) is 3.64. The lowest BCUT2D eigenvalue weighted by atomic mass is 10.1. The Morgan fingerprint density at radius 3 is 2.31 bits per heavy atom. The van der Waals surface area contributed by atoms with Crippen molar-refractivity contribution in [3.63, 3.8) is 0 Å². The second-order valence-electron chi connectivity index (χ2n) is 7.46. The zero-order valence-corrected chi connectivity index (χ0v) is 17.6. The van der Waals surface area contributed by atoms with Crippen LogP contribution in [0.5, 0.6) is 5.75 Å². The van der Waals surface area contributed by atoms with Gasteiger partial charge in [-0.1, -0.05) is 30.3 Å². The Morgan fingerprint density at radius 1 is 0.906 bits per heavy atom. The molecule has 4 rings (SSSR count). The number of benzene rings is 3. The van der Waals surface area contributed by atoms with Crippen molar-refractivity contribution in [2.45, 2.75) is 6.42 Å². The second-order valence-corrected chi connectivity index (χ2v) is 7.46. The van der Waals surface area contributed by atoms with E-state index in [9.17, 15) is 14.4 Å². The highest BCUT2D eigenvalue weighted by Gasteiger charge is 2.35. The van der Waals surface area contributed by atoms with Crippen LogP contribution in [0.3, 0.4) is 0 Å². The van der Waals surface area contributed by atoms with Gasteiger partial charge in [0, 0.05) is 24.3 Å². The summed E-state index contributed by atoms with van der Waals surface area (Å²) in [6, 6.07) is 23.0. The first kappa shape index (κ1) is 21.1. The second kappa shape index (κ2) is 9.34. The fraction of sp³-hybridized carbons (Fsp3) is 0.160. The fourth-order valence-corrected chi connectivity index (χ4v) is 3.64. The van der Waals surface area contributed by atoms with Gasteiger partial charge in [0.05, 0.1) is 24.3 Å². The molecular weight excluding hydrogens is 406 g/mol. The average Bonchev–Trinajstić information content (AvgIpc) is 3.22. The summed E-state index contributed by atoms with van der Waals surface area (Å²) < 4.78 is 5.15. The van der Waals surface area contributed by atoms with Crippen molar-refractivity contribution in [1.29, 1.82) is 0 Å². The molecule has 0 spiro atoms. The number of methoxy groups -OCH3 is 1. The minimum absolute atomic E-state index is 0.107. The quantitative estimate of drug-likeness (QED) is 0.621. The number of amides is 3. The van der Waals surface area contributed by atoms with E-state index in [-0.39, 0.29) is 30.7 Å². The minimum atomic E-state index is -0.519. The first-order chi connectivity index (χ1) is 15.5. The van der Waals surface area contributed by atoms with Gasteiger partial charge in [-0.25, -0.2) is 0 Å². The summed E-state index contributed by atoms with van der Waals surface area (Å²) in [5.74, 6) is -0.566. The smallest absolute Gasteiger partial charge is 0.257 e. The van der Waals surface area contributed by atoms with Gasteiger partial charge in [0.1, 0.15) is 5.75 Å². The van der Waals surface area contributed by atoms with Gasteiger partial charge < -0.3 is 20.3 Å². The van der Waals surface area contributed by atoms with E-state index in [1.54, 1.807) is 72.7 Å². The van der Waals surface area contributed by atoms with Crippen LogP contribution in [0.15, 0.2) is 78.9 Å². The van der Waals surface area contributed by atoms with Gasteiger partial charge in [0.2, 0.25) is 11.8 Å². The minimum Gasteiger partial charge on any atom is -0.497 e. The summed E-state index contributed by atoms with van der Waals surface area (Å²) in [5.41, 5.74) is 2.13. The SMILES string of the molecule is COc1ccc(N2C[C@@H](C(=O)Nc3ccccc3C(=O)Nc3ccccc3)CC2=O)cc1. The summed E-state index contributed by atoms with van der Waals surface area (Å²) in [6.45, 7) is 0.273. The average molecular weight is 429 g/mol. The van der Waals surface area contributed by atoms with Gasteiger partial charge >= 0.3 is 0 Å². The van der Waals surface area contributed by atoms with Crippen molar-refractivity contribution in [1.82, 2.24) is 0 Å². The van der Waals surface area contributed by atoms with Crippen molar-refractivity contribution in [2.75, 3.05) is 29.2 Å². The van der Waals surface area contributed by atoms with Crippen LogP contribution in [0.2, 0.25) is 0 Å². The maximum atomic E-state index is 12.9. The molecule has 0 saturated carbocycles. The molecule has 1 aliphatic heterocycles. The van der Waals surface area contributed by atoms with Gasteiger partial charge in [-0.2, -0.15) is 0 Å². The van der Waals surface area contributed by atoms with Crippen molar-refractivity contribution in [3.05, 3.63) is 84.4 Å². The van der Waals surface area contributed by atoms with E-state index in [0.717, 1.165) is 0 Å². The Labute approximate surface area is 186 Å². The largest absolute Gasteiger partial charge is 0.497 e. The lowest BCUT2D eigenvalue weighted by molar-refractivity contribution is -0.122. The highest BCUT2D eigenvalue weighted by Crippen LogP contribution is 2.28. The summed E-state index contributed by atoms with van der Waals surface area (Å²) in [5, 5.41) is 5.65. The van der Waals surface area contributed by atoms with E-state index < -0.39 is 5.92 Å². The molecule has 1 saturated heterocycles. The van der Waals surface area contributed by atoms with Crippen LogP contribution >= 0.6 is 0 Å². The molecule has 3 amide bonds. The number of para-hydroxylation sites is 2. The van der Waals surface area contributed by atoms with E-state index in [4.69, 9.17) is 4.74 Å². The monoisotopic (exact) mass is 429 g/mol. The molecule has 1 fully saturated rings. The first-order valence-corrected chi connectivity index (χ1v) is 10.3. The Kier molecular flexibility index (Phi) is 6.17. The number of carbonyl (C=O) groups is 3. The lowest BCUT2D eigenvalue weighted by Crippen LogP contribution is -2.28. The van der Waals surface area contributed by atoms with Crippen molar-refractivity contribution in [3.8, 4) is 5.75 Å². The van der Waals surface area contributed by atoms with Gasteiger partial charge in [-0.15, -0.1) is 0 Å². The molecule has 3 aromatic carbocycles. The van der Waals surface area contributed by atoms with Crippen molar-refractivity contribution in [2.24, 2.45) is 5.92 Å². The molecule has 0 aromatic heterocycles. The van der Waals surface area contributed by atoms with Gasteiger partial charge in [-0.3, -0.25) is 14.4 Å². The number of rotatable bonds is 6. The number of hydrogen-bond donors (Lipinski definition) is 2. The maximum Gasteiger partial charge on any atom is 0.257 e. The third-order valence-corrected chi connectivity index (χ3v) is 5.34.